The summed E-state index contributed by atoms with van der Waals surface area (Å²) in [6.07, 6.45) is -0.413. The van der Waals surface area contributed by atoms with E-state index in [1.54, 1.807) is 6.92 Å². The number of ether oxygens (including phenoxy) is 1. The second-order valence-corrected chi connectivity index (χ2v) is 5.64. The zero-order valence-corrected chi connectivity index (χ0v) is 11.3. The van der Waals surface area contributed by atoms with Gasteiger partial charge < -0.3 is 19.8 Å². The number of rotatable bonds is 4. The molecule has 8 nitrogen and oxygen atoms in total. The van der Waals surface area contributed by atoms with E-state index in [4.69, 9.17) is 14.5 Å². The van der Waals surface area contributed by atoms with E-state index in [9.17, 15) is 14.2 Å². The summed E-state index contributed by atoms with van der Waals surface area (Å²) in [5.74, 6) is -0.808. The summed E-state index contributed by atoms with van der Waals surface area (Å²) in [4.78, 5) is 40.6. The monoisotopic (exact) mass is 280 g/mol. The van der Waals surface area contributed by atoms with Gasteiger partial charge >= 0.3 is 13.8 Å². The van der Waals surface area contributed by atoms with Crippen molar-refractivity contribution in [3.05, 3.63) is 0 Å². The molecule has 1 fully saturated rings. The fourth-order valence-electron chi connectivity index (χ4n) is 1.58. The summed E-state index contributed by atoms with van der Waals surface area (Å²) in [5.41, 5.74) is 0. The topological polar surface area (TPSA) is 116 Å². The van der Waals surface area contributed by atoms with Gasteiger partial charge in [-0.1, -0.05) is 6.92 Å². The third-order valence-corrected chi connectivity index (χ3v) is 3.92. The van der Waals surface area contributed by atoms with Crippen LogP contribution in [-0.2, 0) is 14.1 Å². The quantitative estimate of drug-likeness (QED) is 0.500. The number of alkyl carbamates (subject to hydrolysis) is 1. The fraction of sp³-hybridized carbons (Fsp3) is 0.778. The predicted octanol–water partition coefficient (Wildman–Crippen LogP) is 0.203. The highest BCUT2D eigenvalue weighted by Crippen LogP contribution is 2.47. The molecule has 1 aliphatic heterocycles. The number of β-lactam (4-membered cyclic amide) rings is 1. The van der Waals surface area contributed by atoms with Crippen molar-refractivity contribution < 1.29 is 28.7 Å². The smallest absolute Gasteiger partial charge is 0.432 e. The predicted molar refractivity (Wildman–Crippen MR) is 61.5 cm³/mol. The van der Waals surface area contributed by atoms with Crippen LogP contribution in [-0.4, -0.2) is 44.6 Å². The molecule has 0 radical (unpaired) electrons. The van der Waals surface area contributed by atoms with Crippen molar-refractivity contribution in [2.45, 2.75) is 45.4 Å². The lowest BCUT2D eigenvalue weighted by molar-refractivity contribution is -0.142. The third-order valence-electron chi connectivity index (χ3n) is 2.80. The van der Waals surface area contributed by atoms with Crippen LogP contribution in [0.3, 0.4) is 0 Å². The Balaban J connectivity index is 2.55. The van der Waals surface area contributed by atoms with E-state index in [1.165, 1.54) is 6.92 Å². The largest absolute Gasteiger partial charge is 0.447 e. The number of hydrogen-bond acceptors (Lipinski definition) is 4. The highest BCUT2D eigenvalue weighted by Gasteiger charge is 2.53. The molecule has 2 amide bonds. The number of amides is 2. The van der Waals surface area contributed by atoms with E-state index in [1.807, 2.05) is 6.92 Å². The van der Waals surface area contributed by atoms with Gasteiger partial charge in [0.15, 0.2) is 0 Å². The summed E-state index contributed by atoms with van der Waals surface area (Å²) in [6.45, 7) is 4.98. The number of nitrogens with one attached hydrogen (secondary N) is 1. The second-order valence-electron chi connectivity index (χ2n) is 4.18. The average Bonchev–Trinajstić information content (AvgIpc) is 2.24. The first-order valence-corrected chi connectivity index (χ1v) is 7.11. The van der Waals surface area contributed by atoms with Crippen molar-refractivity contribution in [2.24, 2.45) is 0 Å². The Bertz CT molecular complexity index is 395. The minimum absolute atomic E-state index is 0.284. The summed E-state index contributed by atoms with van der Waals surface area (Å²) < 4.78 is 16.3. The zero-order valence-electron chi connectivity index (χ0n) is 10.4. The van der Waals surface area contributed by atoms with E-state index in [0.717, 1.165) is 0 Å². The standard InChI is InChI=1S/C9H17N2O6P/c1-4-5(2)17-9(13)10-7-6(3)11(8(7)12)18(14,15)16/h5-7H,4H2,1-3H3,(H,10,13)(H2,14,15,16)/t5?,6-,7-/m0/s1. The highest BCUT2D eigenvalue weighted by molar-refractivity contribution is 7.50. The van der Waals surface area contributed by atoms with E-state index in [-0.39, 0.29) is 6.10 Å². The molecule has 0 aliphatic carbocycles. The fourth-order valence-corrected chi connectivity index (χ4v) is 2.57. The van der Waals surface area contributed by atoms with Crippen LogP contribution in [0.15, 0.2) is 0 Å². The van der Waals surface area contributed by atoms with Crippen LogP contribution in [0.25, 0.3) is 0 Å². The summed E-state index contributed by atoms with van der Waals surface area (Å²) in [6, 6.07) is -1.71. The summed E-state index contributed by atoms with van der Waals surface area (Å²) in [5, 5.41) is 2.29. The first-order valence-electron chi connectivity index (χ1n) is 5.54. The third kappa shape index (κ3) is 3.01. The Morgan fingerprint density at radius 1 is 1.61 bits per heavy atom. The Kier molecular flexibility index (Phi) is 4.37. The number of nitrogens with zero attached hydrogens (tertiary/aromatic N) is 1. The molecule has 0 spiro atoms. The van der Waals surface area contributed by atoms with Gasteiger partial charge in [-0.15, -0.1) is 0 Å². The maximum atomic E-state index is 11.5. The van der Waals surface area contributed by atoms with Gasteiger partial charge in [0.05, 0.1) is 6.04 Å². The van der Waals surface area contributed by atoms with Crippen LogP contribution in [0.1, 0.15) is 27.2 Å². The molecule has 1 rings (SSSR count). The van der Waals surface area contributed by atoms with Crippen LogP contribution < -0.4 is 5.32 Å². The minimum Gasteiger partial charge on any atom is -0.447 e. The average molecular weight is 280 g/mol. The van der Waals surface area contributed by atoms with Gasteiger partial charge in [-0.25, -0.2) is 14.0 Å². The lowest BCUT2D eigenvalue weighted by atomic mass is 10.0. The van der Waals surface area contributed by atoms with Crippen molar-refractivity contribution in [1.82, 2.24) is 9.99 Å². The molecule has 1 aliphatic rings. The Hall–Kier alpha value is -1.11. The number of carbonyl (C=O) groups excluding carboxylic acids is 2. The van der Waals surface area contributed by atoms with Crippen molar-refractivity contribution >= 4 is 19.7 Å². The molecule has 1 saturated heterocycles. The van der Waals surface area contributed by atoms with Gasteiger partial charge in [-0.05, 0) is 20.3 Å². The first-order chi connectivity index (χ1) is 8.18. The molecule has 0 aromatic carbocycles. The normalized spacial score (nSPS) is 25.4. The van der Waals surface area contributed by atoms with E-state index in [2.05, 4.69) is 5.32 Å². The molecule has 104 valence electrons. The maximum Gasteiger partial charge on any atom is 0.432 e. The Morgan fingerprint density at radius 2 is 2.17 bits per heavy atom. The molecule has 18 heavy (non-hydrogen) atoms. The van der Waals surface area contributed by atoms with Crippen LogP contribution in [0.5, 0.6) is 0 Å². The van der Waals surface area contributed by atoms with Crippen molar-refractivity contribution in [1.29, 1.82) is 0 Å². The number of carbonyl (C=O) groups is 2. The van der Waals surface area contributed by atoms with E-state index >= 15 is 0 Å². The molecule has 1 heterocycles. The molecule has 3 N–H and O–H groups in total. The molecule has 0 aromatic rings. The molecule has 3 atom stereocenters. The zero-order chi connectivity index (χ0) is 14.1. The van der Waals surface area contributed by atoms with Gasteiger partial charge in [0.1, 0.15) is 12.1 Å². The van der Waals surface area contributed by atoms with Gasteiger partial charge in [0, 0.05) is 0 Å². The van der Waals surface area contributed by atoms with Gasteiger partial charge in [0.25, 0.3) is 5.91 Å². The van der Waals surface area contributed by atoms with E-state index in [0.29, 0.717) is 11.1 Å². The molecule has 0 saturated carbocycles. The Labute approximate surface area is 105 Å². The Morgan fingerprint density at radius 3 is 2.56 bits per heavy atom. The van der Waals surface area contributed by atoms with Gasteiger partial charge in [-0.2, -0.15) is 0 Å². The maximum absolute atomic E-state index is 11.5. The summed E-state index contributed by atoms with van der Waals surface area (Å²) >= 11 is 0. The lowest BCUT2D eigenvalue weighted by Crippen LogP contribution is -2.68. The van der Waals surface area contributed by atoms with Crippen LogP contribution in [0, 0.1) is 0 Å². The second kappa shape index (κ2) is 5.26. The van der Waals surface area contributed by atoms with Crippen LogP contribution in [0.4, 0.5) is 4.79 Å². The van der Waals surface area contributed by atoms with Crippen molar-refractivity contribution in [2.75, 3.05) is 0 Å². The molecule has 9 heteroatoms. The minimum atomic E-state index is -4.60. The first kappa shape index (κ1) is 14.9. The summed E-state index contributed by atoms with van der Waals surface area (Å²) in [7, 11) is -4.60. The molecular formula is C9H17N2O6P. The van der Waals surface area contributed by atoms with Gasteiger partial charge in [-0.3, -0.25) is 4.79 Å². The van der Waals surface area contributed by atoms with Crippen molar-refractivity contribution in [3.63, 3.8) is 0 Å². The molecular weight excluding hydrogens is 263 g/mol. The van der Waals surface area contributed by atoms with Gasteiger partial charge in [0.2, 0.25) is 0 Å². The highest BCUT2D eigenvalue weighted by atomic mass is 31.2. The number of hydrogen-bond donors (Lipinski definition) is 3. The molecule has 1 unspecified atom stereocenters. The lowest BCUT2D eigenvalue weighted by Gasteiger charge is -2.44. The molecule has 0 bridgehead atoms. The van der Waals surface area contributed by atoms with E-state index < -0.39 is 31.8 Å². The van der Waals surface area contributed by atoms with Crippen molar-refractivity contribution in [3.8, 4) is 0 Å². The molecule has 0 aromatic heterocycles. The van der Waals surface area contributed by atoms with Crippen LogP contribution >= 0.6 is 7.75 Å². The van der Waals surface area contributed by atoms with Crippen LogP contribution in [0.2, 0.25) is 0 Å². The SMILES string of the molecule is CCC(C)OC(=O)N[C@@H]1C(=O)N(P(=O)(O)O)[C@H]1C.